The fraction of sp³-hybridized carbons (Fsp3) is 0.357. The number of carboxylic acid groups (broad SMARTS) is 1. The molecule has 1 aromatic heterocycles. The summed E-state index contributed by atoms with van der Waals surface area (Å²) in [5, 5.41) is 16.3. The lowest BCUT2D eigenvalue weighted by Crippen LogP contribution is -2.07. The van der Waals surface area contributed by atoms with Gasteiger partial charge in [-0.05, 0) is 17.5 Å². The van der Waals surface area contributed by atoms with Crippen LogP contribution in [0.2, 0.25) is 0 Å². The van der Waals surface area contributed by atoms with Gasteiger partial charge in [0.05, 0.1) is 6.42 Å². The first-order chi connectivity index (χ1) is 9.94. The minimum atomic E-state index is -0.893. The molecule has 1 aromatic carbocycles. The molecule has 1 N–H and O–H groups in total. The van der Waals surface area contributed by atoms with Crippen LogP contribution < -0.4 is 0 Å². The van der Waals surface area contributed by atoms with Crippen molar-refractivity contribution >= 4 is 5.97 Å². The minimum absolute atomic E-state index is 0.00427. The van der Waals surface area contributed by atoms with E-state index in [4.69, 9.17) is 9.52 Å². The van der Waals surface area contributed by atoms with Gasteiger partial charge in [-0.15, -0.1) is 10.2 Å². The van der Waals surface area contributed by atoms with E-state index in [1.165, 1.54) is 6.07 Å². The van der Waals surface area contributed by atoms with Crippen LogP contribution in [0.5, 0.6) is 0 Å². The van der Waals surface area contributed by atoms with Crippen LogP contribution in [-0.4, -0.2) is 21.3 Å². The lowest BCUT2D eigenvalue weighted by Gasteiger charge is -2.03. The topological polar surface area (TPSA) is 76.2 Å². The molecule has 0 aliphatic heterocycles. The zero-order valence-electron chi connectivity index (χ0n) is 11.3. The molecule has 112 valence electrons. The van der Waals surface area contributed by atoms with Crippen LogP contribution in [0.3, 0.4) is 0 Å². The van der Waals surface area contributed by atoms with Gasteiger partial charge in [-0.1, -0.05) is 13.0 Å². The standard InChI is InChI=1S/C14H14F2N2O3/c1-8(5-14(19)20)4-12-17-18-13(21-12)6-9-2-3-10(15)7-11(9)16/h2-3,7-8H,4-6H2,1H3,(H,19,20). The van der Waals surface area contributed by atoms with Gasteiger partial charge in [0.2, 0.25) is 11.8 Å². The van der Waals surface area contributed by atoms with Gasteiger partial charge in [-0.25, -0.2) is 8.78 Å². The van der Waals surface area contributed by atoms with E-state index in [1.807, 2.05) is 0 Å². The first-order valence-electron chi connectivity index (χ1n) is 6.41. The molecule has 0 aliphatic carbocycles. The molecule has 0 fully saturated rings. The summed E-state index contributed by atoms with van der Waals surface area (Å²) < 4.78 is 31.6. The van der Waals surface area contributed by atoms with E-state index in [2.05, 4.69) is 10.2 Å². The molecule has 21 heavy (non-hydrogen) atoms. The van der Waals surface area contributed by atoms with Gasteiger partial charge in [0.25, 0.3) is 0 Å². The molecule has 0 saturated carbocycles. The summed E-state index contributed by atoms with van der Waals surface area (Å²) in [7, 11) is 0. The molecule has 0 aliphatic rings. The first kappa shape index (κ1) is 15.1. The maximum Gasteiger partial charge on any atom is 0.303 e. The molecule has 0 spiro atoms. The van der Waals surface area contributed by atoms with Crippen LogP contribution >= 0.6 is 0 Å². The lowest BCUT2D eigenvalue weighted by molar-refractivity contribution is -0.137. The van der Waals surface area contributed by atoms with Crippen LogP contribution in [0.4, 0.5) is 8.78 Å². The largest absolute Gasteiger partial charge is 0.481 e. The van der Waals surface area contributed by atoms with Gasteiger partial charge in [-0.2, -0.15) is 0 Å². The van der Waals surface area contributed by atoms with E-state index in [0.717, 1.165) is 12.1 Å². The average Bonchev–Trinajstić information content (AvgIpc) is 2.79. The molecule has 1 atom stereocenters. The zero-order valence-corrected chi connectivity index (χ0v) is 11.3. The first-order valence-corrected chi connectivity index (χ1v) is 6.41. The summed E-state index contributed by atoms with van der Waals surface area (Å²) >= 11 is 0. The van der Waals surface area contributed by atoms with Crippen molar-refractivity contribution in [1.82, 2.24) is 10.2 Å². The number of nitrogens with zero attached hydrogens (tertiary/aromatic N) is 2. The number of benzene rings is 1. The smallest absolute Gasteiger partial charge is 0.303 e. The fourth-order valence-electron chi connectivity index (χ4n) is 1.94. The number of carbonyl (C=O) groups is 1. The van der Waals surface area contributed by atoms with Gasteiger partial charge >= 0.3 is 5.97 Å². The number of halogens is 2. The Kier molecular flexibility index (Phi) is 4.62. The summed E-state index contributed by atoms with van der Waals surface area (Å²) in [4.78, 5) is 10.6. The maximum atomic E-state index is 13.5. The van der Waals surface area contributed by atoms with Crippen molar-refractivity contribution in [2.75, 3.05) is 0 Å². The van der Waals surface area contributed by atoms with E-state index in [9.17, 15) is 13.6 Å². The van der Waals surface area contributed by atoms with Crippen molar-refractivity contribution in [3.63, 3.8) is 0 Å². The summed E-state index contributed by atoms with van der Waals surface area (Å²) in [5.74, 6) is -1.84. The Hall–Kier alpha value is -2.31. The molecule has 1 heterocycles. The van der Waals surface area contributed by atoms with Crippen molar-refractivity contribution in [3.8, 4) is 0 Å². The van der Waals surface area contributed by atoms with Crippen LogP contribution in [0, 0.1) is 17.6 Å². The highest BCUT2D eigenvalue weighted by atomic mass is 19.1. The molecule has 7 heteroatoms. The lowest BCUT2D eigenvalue weighted by atomic mass is 10.0. The van der Waals surface area contributed by atoms with Gasteiger partial charge < -0.3 is 9.52 Å². The van der Waals surface area contributed by atoms with Gasteiger partial charge in [0.1, 0.15) is 11.6 Å². The summed E-state index contributed by atoms with van der Waals surface area (Å²) in [5.41, 5.74) is 0.255. The molecule has 0 saturated heterocycles. The molecular formula is C14H14F2N2O3. The normalized spacial score (nSPS) is 12.3. The van der Waals surface area contributed by atoms with Gasteiger partial charge in [-0.3, -0.25) is 4.79 Å². The predicted octanol–water partition coefficient (Wildman–Crippen LogP) is 2.59. The van der Waals surface area contributed by atoms with Crippen LogP contribution in [-0.2, 0) is 17.6 Å². The summed E-state index contributed by atoms with van der Waals surface area (Å²) in [6.45, 7) is 1.76. The highest BCUT2D eigenvalue weighted by Crippen LogP contribution is 2.16. The summed E-state index contributed by atoms with van der Waals surface area (Å²) in [6.07, 6.45) is 0.405. The second-order valence-electron chi connectivity index (χ2n) is 4.91. The Morgan fingerprint density at radius 3 is 2.71 bits per heavy atom. The summed E-state index contributed by atoms with van der Waals surface area (Å²) in [6, 6.07) is 3.27. The van der Waals surface area contributed by atoms with Crippen molar-refractivity contribution in [1.29, 1.82) is 0 Å². The molecule has 5 nitrogen and oxygen atoms in total. The molecule has 0 bridgehead atoms. The Labute approximate surface area is 119 Å². The Balaban J connectivity index is 2.01. The number of rotatable bonds is 6. The molecule has 2 rings (SSSR count). The second-order valence-corrected chi connectivity index (χ2v) is 4.91. The molecule has 0 amide bonds. The number of aliphatic carboxylic acids is 1. The fourth-order valence-corrected chi connectivity index (χ4v) is 1.94. The SMILES string of the molecule is CC(CC(=O)O)Cc1nnc(Cc2ccc(F)cc2F)o1. The third kappa shape index (κ3) is 4.34. The predicted molar refractivity (Wildman–Crippen MR) is 68.6 cm³/mol. The van der Waals surface area contributed by atoms with Crippen molar-refractivity contribution in [3.05, 3.63) is 47.2 Å². The second kappa shape index (κ2) is 6.43. The molecule has 2 aromatic rings. The Morgan fingerprint density at radius 2 is 2.05 bits per heavy atom. The van der Waals surface area contributed by atoms with E-state index in [0.29, 0.717) is 12.3 Å². The maximum absolute atomic E-state index is 13.5. The average molecular weight is 296 g/mol. The van der Waals surface area contributed by atoms with Crippen molar-refractivity contribution in [2.45, 2.75) is 26.2 Å². The number of carboxylic acids is 1. The monoisotopic (exact) mass is 296 g/mol. The van der Waals surface area contributed by atoms with Crippen LogP contribution in [0.25, 0.3) is 0 Å². The zero-order chi connectivity index (χ0) is 15.4. The van der Waals surface area contributed by atoms with Crippen molar-refractivity contribution < 1.29 is 23.1 Å². The highest BCUT2D eigenvalue weighted by molar-refractivity contribution is 5.66. The molecule has 1 unspecified atom stereocenters. The highest BCUT2D eigenvalue weighted by Gasteiger charge is 2.14. The van der Waals surface area contributed by atoms with Crippen LogP contribution in [0.15, 0.2) is 22.6 Å². The van der Waals surface area contributed by atoms with Crippen molar-refractivity contribution in [2.24, 2.45) is 5.92 Å². The number of hydrogen-bond donors (Lipinski definition) is 1. The van der Waals surface area contributed by atoms with E-state index in [-0.39, 0.29) is 30.2 Å². The molecular weight excluding hydrogens is 282 g/mol. The third-order valence-corrected chi connectivity index (χ3v) is 2.91. The third-order valence-electron chi connectivity index (χ3n) is 2.91. The van der Waals surface area contributed by atoms with Crippen LogP contribution in [0.1, 0.15) is 30.7 Å². The van der Waals surface area contributed by atoms with Gasteiger partial charge in [0, 0.05) is 18.9 Å². The number of aromatic nitrogens is 2. The minimum Gasteiger partial charge on any atom is -0.481 e. The Bertz CT molecular complexity index is 643. The van der Waals surface area contributed by atoms with E-state index >= 15 is 0 Å². The van der Waals surface area contributed by atoms with Gasteiger partial charge in [0.15, 0.2) is 0 Å². The Morgan fingerprint density at radius 1 is 1.33 bits per heavy atom. The molecule has 0 radical (unpaired) electrons. The van der Waals surface area contributed by atoms with E-state index in [1.54, 1.807) is 6.92 Å². The number of hydrogen-bond acceptors (Lipinski definition) is 4. The van der Waals surface area contributed by atoms with E-state index < -0.39 is 17.6 Å². The quantitative estimate of drug-likeness (QED) is 0.886.